The van der Waals surface area contributed by atoms with E-state index in [1.54, 1.807) is 0 Å². The molecule has 0 heterocycles. The largest absolute Gasteiger partial charge is 0.481 e. The molecule has 0 aromatic heterocycles. The topological polar surface area (TPSA) is 115 Å². The van der Waals surface area contributed by atoms with Crippen molar-refractivity contribution in [2.45, 2.75) is 12.7 Å². The van der Waals surface area contributed by atoms with Gasteiger partial charge in [0.15, 0.2) is 9.84 Å². The molecule has 0 spiro atoms. The van der Waals surface area contributed by atoms with E-state index in [0.717, 1.165) is 0 Å². The minimum atomic E-state index is -3.62. The van der Waals surface area contributed by atoms with Crippen molar-refractivity contribution in [3.63, 3.8) is 0 Å². The molecule has 0 aliphatic carbocycles. The number of non-ortho nitro benzene ring substituents is 1. The molecule has 8 heteroatoms. The van der Waals surface area contributed by atoms with Gasteiger partial charge in [0.25, 0.3) is 5.69 Å². The van der Waals surface area contributed by atoms with Crippen LogP contribution >= 0.6 is 0 Å². The van der Waals surface area contributed by atoms with Gasteiger partial charge in [-0.25, -0.2) is 8.42 Å². The molecular weight excluding hydrogens is 274 g/mol. The van der Waals surface area contributed by atoms with Crippen LogP contribution in [0.25, 0.3) is 0 Å². The van der Waals surface area contributed by atoms with Crippen LogP contribution in [-0.2, 0) is 20.4 Å². The average molecular weight is 287 g/mol. The summed E-state index contributed by atoms with van der Waals surface area (Å²) in [5, 5.41) is 19.2. The predicted molar refractivity (Wildman–Crippen MR) is 67.4 cm³/mol. The fourth-order valence-corrected chi connectivity index (χ4v) is 3.23. The zero-order valence-corrected chi connectivity index (χ0v) is 11.0. The van der Waals surface area contributed by atoms with Gasteiger partial charge in [-0.2, -0.15) is 0 Å². The lowest BCUT2D eigenvalue weighted by molar-refractivity contribution is -0.384. The summed E-state index contributed by atoms with van der Waals surface area (Å²) in [6, 6.07) is 5.28. The second-order valence-corrected chi connectivity index (χ2v) is 6.33. The molecule has 1 unspecified atom stereocenters. The molecule has 1 atom stereocenters. The number of nitro groups is 1. The van der Waals surface area contributed by atoms with Crippen molar-refractivity contribution in [3.05, 3.63) is 39.9 Å². The molecule has 1 rings (SSSR count). The number of rotatable bonds is 6. The number of sulfone groups is 1. The van der Waals surface area contributed by atoms with Crippen LogP contribution in [0.2, 0.25) is 0 Å². The highest BCUT2D eigenvalue weighted by molar-refractivity contribution is 7.90. The molecule has 1 N–H and O–H groups in total. The first kappa shape index (κ1) is 15.1. The van der Waals surface area contributed by atoms with Crippen LogP contribution < -0.4 is 0 Å². The van der Waals surface area contributed by atoms with Crippen LogP contribution in [0.5, 0.6) is 0 Å². The minimum absolute atomic E-state index is 0.195. The second-order valence-electron chi connectivity index (χ2n) is 4.22. The molecular formula is C11H13NO6S. The molecule has 7 nitrogen and oxygen atoms in total. The third-order valence-corrected chi connectivity index (χ3v) is 4.21. The Bertz CT molecular complexity index is 595. The summed E-state index contributed by atoms with van der Waals surface area (Å²) in [7, 11) is -3.62. The number of benzene rings is 1. The Kier molecular flexibility index (Phi) is 4.60. The van der Waals surface area contributed by atoms with E-state index < -0.39 is 38.2 Å². The maximum Gasteiger partial charge on any atom is 0.307 e. The van der Waals surface area contributed by atoms with Crippen molar-refractivity contribution in [2.75, 3.05) is 5.75 Å². The van der Waals surface area contributed by atoms with Crippen LogP contribution in [0, 0.1) is 16.0 Å². The lowest BCUT2D eigenvalue weighted by atomic mass is 10.2. The SMILES string of the molecule is CC(CS(=O)(=O)Cc1cccc([N+](=O)[O-])c1)C(=O)O. The van der Waals surface area contributed by atoms with E-state index in [1.807, 2.05) is 0 Å². The molecule has 1 aromatic carbocycles. The Morgan fingerprint density at radius 1 is 1.47 bits per heavy atom. The Morgan fingerprint density at radius 3 is 2.63 bits per heavy atom. The monoisotopic (exact) mass is 287 g/mol. The summed E-state index contributed by atoms with van der Waals surface area (Å²) in [5.41, 5.74) is 0.0748. The number of aliphatic carboxylic acids is 1. The van der Waals surface area contributed by atoms with Gasteiger partial charge in [0.2, 0.25) is 0 Å². The lowest BCUT2D eigenvalue weighted by Gasteiger charge is -2.07. The van der Waals surface area contributed by atoms with Crippen LogP contribution in [0.1, 0.15) is 12.5 Å². The third-order valence-electron chi connectivity index (χ3n) is 2.43. The highest BCUT2D eigenvalue weighted by Gasteiger charge is 2.22. The van der Waals surface area contributed by atoms with E-state index in [-0.39, 0.29) is 11.3 Å². The molecule has 0 amide bonds. The van der Waals surface area contributed by atoms with Gasteiger partial charge in [-0.1, -0.05) is 19.1 Å². The normalized spacial score (nSPS) is 12.9. The number of hydrogen-bond acceptors (Lipinski definition) is 5. The highest BCUT2D eigenvalue weighted by atomic mass is 32.2. The summed E-state index contributed by atoms with van der Waals surface area (Å²) in [4.78, 5) is 20.6. The molecule has 0 aliphatic heterocycles. The molecule has 0 bridgehead atoms. The first-order chi connectivity index (χ1) is 8.71. The van der Waals surface area contributed by atoms with Gasteiger partial charge in [-0.05, 0) is 5.56 Å². The standard InChI is InChI=1S/C11H13NO6S/c1-8(11(13)14)6-19(17,18)7-9-3-2-4-10(5-9)12(15)16/h2-5,8H,6-7H2,1H3,(H,13,14). The number of nitro benzene ring substituents is 1. The fourth-order valence-electron chi connectivity index (χ4n) is 1.52. The first-order valence-electron chi connectivity index (χ1n) is 5.38. The summed E-state index contributed by atoms with van der Waals surface area (Å²) in [6.07, 6.45) is 0. The van der Waals surface area contributed by atoms with Crippen molar-refractivity contribution in [2.24, 2.45) is 5.92 Å². The highest BCUT2D eigenvalue weighted by Crippen LogP contribution is 2.16. The molecule has 19 heavy (non-hydrogen) atoms. The molecule has 0 radical (unpaired) electrons. The van der Waals surface area contributed by atoms with E-state index in [4.69, 9.17) is 5.11 Å². The predicted octanol–water partition coefficient (Wildman–Crippen LogP) is 1.23. The van der Waals surface area contributed by atoms with Crippen molar-refractivity contribution in [3.8, 4) is 0 Å². The minimum Gasteiger partial charge on any atom is -0.481 e. The van der Waals surface area contributed by atoms with Gasteiger partial charge in [-0.15, -0.1) is 0 Å². The first-order valence-corrected chi connectivity index (χ1v) is 7.20. The van der Waals surface area contributed by atoms with Crippen molar-refractivity contribution >= 4 is 21.5 Å². The smallest absolute Gasteiger partial charge is 0.307 e. The van der Waals surface area contributed by atoms with Crippen molar-refractivity contribution < 1.29 is 23.2 Å². The van der Waals surface area contributed by atoms with Crippen LogP contribution in [-0.4, -0.2) is 30.2 Å². The van der Waals surface area contributed by atoms with E-state index in [9.17, 15) is 23.3 Å². The molecule has 0 saturated carbocycles. The third kappa shape index (κ3) is 4.66. The second kappa shape index (κ2) is 5.79. The zero-order valence-electron chi connectivity index (χ0n) is 10.1. The van der Waals surface area contributed by atoms with Gasteiger partial charge >= 0.3 is 5.97 Å². The van der Waals surface area contributed by atoms with Crippen LogP contribution in [0.3, 0.4) is 0 Å². The number of carboxylic acid groups (broad SMARTS) is 1. The number of carbonyl (C=O) groups is 1. The molecule has 0 aliphatic rings. The van der Waals surface area contributed by atoms with E-state index in [2.05, 4.69) is 0 Å². The van der Waals surface area contributed by atoms with Gasteiger partial charge in [0.05, 0.1) is 22.3 Å². The van der Waals surface area contributed by atoms with Crippen LogP contribution in [0.15, 0.2) is 24.3 Å². The van der Waals surface area contributed by atoms with E-state index in [0.29, 0.717) is 0 Å². The molecule has 1 aromatic rings. The van der Waals surface area contributed by atoms with Gasteiger partial charge in [0.1, 0.15) is 0 Å². The van der Waals surface area contributed by atoms with Crippen molar-refractivity contribution in [1.82, 2.24) is 0 Å². The zero-order chi connectivity index (χ0) is 14.6. The summed E-state index contributed by atoms with van der Waals surface area (Å²) in [5.74, 6) is -3.11. The van der Waals surface area contributed by atoms with Crippen LogP contribution in [0.4, 0.5) is 5.69 Å². The van der Waals surface area contributed by atoms with Crippen molar-refractivity contribution in [1.29, 1.82) is 0 Å². The average Bonchev–Trinajstić information content (AvgIpc) is 2.27. The summed E-state index contributed by atoms with van der Waals surface area (Å²) < 4.78 is 23.5. The maximum atomic E-state index is 11.8. The van der Waals surface area contributed by atoms with Gasteiger partial charge < -0.3 is 5.11 Å². The van der Waals surface area contributed by atoms with Gasteiger partial charge in [0, 0.05) is 12.1 Å². The quantitative estimate of drug-likeness (QED) is 0.621. The number of nitrogens with zero attached hydrogens (tertiary/aromatic N) is 1. The van der Waals surface area contributed by atoms with E-state index >= 15 is 0 Å². The molecule has 104 valence electrons. The Morgan fingerprint density at radius 2 is 2.11 bits per heavy atom. The van der Waals surface area contributed by atoms with E-state index in [1.165, 1.54) is 31.2 Å². The Hall–Kier alpha value is -1.96. The molecule has 0 saturated heterocycles. The maximum absolute atomic E-state index is 11.8. The number of carboxylic acids is 1. The fraction of sp³-hybridized carbons (Fsp3) is 0.364. The molecule has 0 fully saturated rings. The summed E-state index contributed by atoms with van der Waals surface area (Å²) >= 11 is 0. The number of hydrogen-bond donors (Lipinski definition) is 1. The lowest BCUT2D eigenvalue weighted by Crippen LogP contribution is -2.22. The van der Waals surface area contributed by atoms with Gasteiger partial charge in [-0.3, -0.25) is 14.9 Å². The Balaban J connectivity index is 2.87. The Labute approximate surface area is 109 Å². The summed E-state index contributed by atoms with van der Waals surface area (Å²) in [6.45, 7) is 1.30.